The number of benzene rings is 2. The largest absolute Gasteiger partial charge is 0.507 e. The molecule has 1 fully saturated rings. The van der Waals surface area contributed by atoms with Crippen LogP contribution in [-0.2, 0) is 9.59 Å². The van der Waals surface area contributed by atoms with Crippen LogP contribution in [0.15, 0.2) is 72.6 Å². The van der Waals surface area contributed by atoms with Gasteiger partial charge in [0.1, 0.15) is 17.3 Å². The third-order valence-electron chi connectivity index (χ3n) is 5.23. The molecule has 0 radical (unpaired) electrons. The molecule has 0 bridgehead atoms. The zero-order valence-electron chi connectivity index (χ0n) is 17.3. The Balaban J connectivity index is 2.00. The van der Waals surface area contributed by atoms with Crippen LogP contribution in [0, 0.1) is 0 Å². The van der Waals surface area contributed by atoms with Crippen LogP contribution in [0.2, 0.25) is 5.02 Å². The number of amides is 1. The number of ketones is 1. The molecule has 0 spiro atoms. The average Bonchev–Trinajstić information content (AvgIpc) is 3.09. The molecule has 3 aromatic rings. The molecule has 1 aliphatic heterocycles. The van der Waals surface area contributed by atoms with E-state index >= 15 is 0 Å². The number of anilines is 1. The van der Waals surface area contributed by atoms with Crippen molar-refractivity contribution < 1.29 is 24.2 Å². The second-order valence-electron chi connectivity index (χ2n) is 6.97. The quantitative estimate of drug-likeness (QED) is 0.352. The van der Waals surface area contributed by atoms with Crippen LogP contribution in [0.1, 0.15) is 17.2 Å². The lowest BCUT2D eigenvalue weighted by Gasteiger charge is -2.26. The Kier molecular flexibility index (Phi) is 5.83. The molecule has 1 amide bonds. The van der Waals surface area contributed by atoms with Crippen LogP contribution in [-0.4, -0.2) is 36.0 Å². The number of methoxy groups -OCH3 is 2. The van der Waals surface area contributed by atoms with Gasteiger partial charge in [-0.25, -0.2) is 0 Å². The Labute approximate surface area is 189 Å². The fourth-order valence-electron chi connectivity index (χ4n) is 3.78. The van der Waals surface area contributed by atoms with E-state index in [0.717, 1.165) is 0 Å². The summed E-state index contributed by atoms with van der Waals surface area (Å²) in [5.41, 5.74) is 1.11. The number of nitrogens with zero attached hydrogens (tertiary/aromatic N) is 2. The summed E-state index contributed by atoms with van der Waals surface area (Å²) < 4.78 is 10.8. The Morgan fingerprint density at radius 1 is 1.00 bits per heavy atom. The van der Waals surface area contributed by atoms with E-state index in [4.69, 9.17) is 21.1 Å². The summed E-state index contributed by atoms with van der Waals surface area (Å²) in [6, 6.07) is 14.0. The molecule has 1 N–H and O–H groups in total. The third kappa shape index (κ3) is 3.56. The fraction of sp³-hybridized carbons (Fsp3) is 0.125. The molecule has 162 valence electrons. The lowest BCUT2D eigenvalue weighted by Crippen LogP contribution is -2.29. The molecule has 7 nitrogen and oxygen atoms in total. The Morgan fingerprint density at radius 2 is 1.69 bits per heavy atom. The van der Waals surface area contributed by atoms with Gasteiger partial charge in [0.15, 0.2) is 0 Å². The average molecular weight is 451 g/mol. The molecular weight excluding hydrogens is 432 g/mol. The van der Waals surface area contributed by atoms with E-state index in [1.54, 1.807) is 60.9 Å². The number of carbonyl (C=O) groups excluding carboxylic acids is 2. The maximum atomic E-state index is 13.2. The van der Waals surface area contributed by atoms with E-state index in [9.17, 15) is 14.7 Å². The van der Waals surface area contributed by atoms with Crippen LogP contribution in [0.3, 0.4) is 0 Å². The lowest BCUT2D eigenvalue weighted by atomic mass is 9.95. The Morgan fingerprint density at radius 3 is 2.38 bits per heavy atom. The summed E-state index contributed by atoms with van der Waals surface area (Å²) in [5, 5.41) is 11.6. The topological polar surface area (TPSA) is 89.0 Å². The van der Waals surface area contributed by atoms with Gasteiger partial charge in [0.2, 0.25) is 0 Å². The highest BCUT2D eigenvalue weighted by Gasteiger charge is 2.48. The van der Waals surface area contributed by atoms with Gasteiger partial charge in [-0.15, -0.1) is 0 Å². The highest BCUT2D eigenvalue weighted by atomic mass is 35.5. The summed E-state index contributed by atoms with van der Waals surface area (Å²) in [6.45, 7) is 0. The van der Waals surface area contributed by atoms with E-state index in [1.807, 2.05) is 0 Å². The van der Waals surface area contributed by atoms with Gasteiger partial charge in [-0.1, -0.05) is 23.7 Å². The minimum Gasteiger partial charge on any atom is -0.507 e. The second kappa shape index (κ2) is 8.72. The monoisotopic (exact) mass is 450 g/mol. The van der Waals surface area contributed by atoms with E-state index < -0.39 is 17.7 Å². The standard InChI is InChI=1S/C24H19ClN2O5/c1-31-18-8-7-15(25)13-16(18)22(28)20-21(14-9-11-26-12-10-14)27(24(30)23(20)29)17-5-3-4-6-19(17)32-2/h3-13,21,28H,1-2H3/b22-20+. The maximum absolute atomic E-state index is 13.2. The number of rotatable bonds is 5. The first-order chi connectivity index (χ1) is 15.5. The molecule has 2 heterocycles. The molecule has 32 heavy (non-hydrogen) atoms. The van der Waals surface area contributed by atoms with E-state index in [0.29, 0.717) is 27.8 Å². The zero-order valence-corrected chi connectivity index (χ0v) is 18.0. The number of aliphatic hydroxyl groups is 1. The molecule has 8 heteroatoms. The van der Waals surface area contributed by atoms with Gasteiger partial charge in [0.05, 0.1) is 37.1 Å². The first kappa shape index (κ1) is 21.4. The van der Waals surface area contributed by atoms with E-state index in [-0.39, 0.29) is 16.9 Å². The molecule has 2 aromatic carbocycles. The highest BCUT2D eigenvalue weighted by Crippen LogP contribution is 2.45. The van der Waals surface area contributed by atoms with Crippen LogP contribution < -0.4 is 14.4 Å². The van der Waals surface area contributed by atoms with Crippen LogP contribution >= 0.6 is 11.6 Å². The minimum atomic E-state index is -0.919. The molecule has 1 atom stereocenters. The van der Waals surface area contributed by atoms with Crippen molar-refractivity contribution in [3.05, 3.63) is 88.7 Å². The summed E-state index contributed by atoms with van der Waals surface area (Å²) in [6.07, 6.45) is 3.11. The SMILES string of the molecule is COc1ccc(Cl)cc1/C(O)=C1\C(=O)C(=O)N(c2ccccc2OC)C1c1ccncc1. The molecular formula is C24H19ClN2O5. The second-order valence-corrected chi connectivity index (χ2v) is 7.40. The molecule has 1 saturated heterocycles. The summed E-state index contributed by atoms with van der Waals surface area (Å²) in [7, 11) is 2.92. The van der Waals surface area contributed by atoms with Gasteiger partial charge >= 0.3 is 0 Å². The lowest BCUT2D eigenvalue weighted by molar-refractivity contribution is -0.132. The van der Waals surface area contributed by atoms with Crippen molar-refractivity contribution in [2.75, 3.05) is 19.1 Å². The first-order valence-electron chi connectivity index (χ1n) is 9.65. The predicted molar refractivity (Wildman–Crippen MR) is 120 cm³/mol. The Hall–Kier alpha value is -3.84. The summed E-state index contributed by atoms with van der Waals surface area (Å²) in [5.74, 6) is -1.30. The van der Waals surface area contributed by atoms with Crippen LogP contribution in [0.25, 0.3) is 5.76 Å². The molecule has 1 unspecified atom stereocenters. The molecule has 0 aliphatic carbocycles. The number of Topliss-reactive ketones (excluding diaryl/α,β-unsaturated/α-hetero) is 1. The smallest absolute Gasteiger partial charge is 0.300 e. The number of halogens is 1. The van der Waals surface area contributed by atoms with Crippen molar-refractivity contribution in [1.29, 1.82) is 0 Å². The molecule has 1 aromatic heterocycles. The van der Waals surface area contributed by atoms with Crippen molar-refractivity contribution in [2.24, 2.45) is 0 Å². The number of hydrogen-bond acceptors (Lipinski definition) is 6. The third-order valence-corrected chi connectivity index (χ3v) is 5.46. The number of aromatic nitrogens is 1. The van der Waals surface area contributed by atoms with E-state index in [2.05, 4.69) is 4.98 Å². The van der Waals surface area contributed by atoms with Gasteiger partial charge in [-0.2, -0.15) is 0 Å². The van der Waals surface area contributed by atoms with Gasteiger partial charge in [-0.05, 0) is 48.0 Å². The van der Waals surface area contributed by atoms with Crippen molar-refractivity contribution in [2.45, 2.75) is 6.04 Å². The highest BCUT2D eigenvalue weighted by molar-refractivity contribution is 6.52. The van der Waals surface area contributed by atoms with Crippen molar-refractivity contribution in [1.82, 2.24) is 4.98 Å². The number of pyridine rings is 1. The normalized spacial score (nSPS) is 17.5. The number of aliphatic hydroxyl groups excluding tert-OH is 1. The number of carbonyl (C=O) groups is 2. The Bertz CT molecular complexity index is 1230. The number of para-hydroxylation sites is 2. The van der Waals surface area contributed by atoms with Crippen molar-refractivity contribution >= 4 is 34.7 Å². The first-order valence-corrected chi connectivity index (χ1v) is 10.0. The summed E-state index contributed by atoms with van der Waals surface area (Å²) in [4.78, 5) is 31.8. The molecule has 0 saturated carbocycles. The van der Waals surface area contributed by atoms with Gasteiger partial charge < -0.3 is 14.6 Å². The number of ether oxygens (including phenoxy) is 2. The fourth-order valence-corrected chi connectivity index (χ4v) is 3.95. The maximum Gasteiger partial charge on any atom is 0.300 e. The molecule has 1 aliphatic rings. The summed E-state index contributed by atoms with van der Waals surface area (Å²) >= 11 is 6.13. The molecule has 4 rings (SSSR count). The van der Waals surface area contributed by atoms with Gasteiger partial charge in [0.25, 0.3) is 11.7 Å². The van der Waals surface area contributed by atoms with Crippen molar-refractivity contribution in [3.63, 3.8) is 0 Å². The van der Waals surface area contributed by atoms with Gasteiger partial charge in [0, 0.05) is 17.4 Å². The van der Waals surface area contributed by atoms with Gasteiger partial charge in [-0.3, -0.25) is 19.5 Å². The minimum absolute atomic E-state index is 0.0901. The van der Waals surface area contributed by atoms with E-state index in [1.165, 1.54) is 25.2 Å². The van der Waals surface area contributed by atoms with Crippen LogP contribution in [0.4, 0.5) is 5.69 Å². The predicted octanol–water partition coefficient (Wildman–Crippen LogP) is 4.38. The van der Waals surface area contributed by atoms with Crippen LogP contribution in [0.5, 0.6) is 11.5 Å². The zero-order chi connectivity index (χ0) is 22.8. The number of hydrogen-bond donors (Lipinski definition) is 1. The van der Waals surface area contributed by atoms with Crippen molar-refractivity contribution in [3.8, 4) is 11.5 Å².